The summed E-state index contributed by atoms with van der Waals surface area (Å²) in [4.78, 5) is 0. The highest BCUT2D eigenvalue weighted by molar-refractivity contribution is 5.39. The molecule has 0 saturated carbocycles. The van der Waals surface area contributed by atoms with Crippen LogP contribution in [0.1, 0.15) is 42.1 Å². The molecular formula is C15H25NO. The minimum Gasteiger partial charge on any atom is -0.377 e. The lowest BCUT2D eigenvalue weighted by Crippen LogP contribution is -2.39. The van der Waals surface area contributed by atoms with Crippen LogP contribution in [0.3, 0.4) is 0 Å². The highest BCUT2D eigenvalue weighted by Gasteiger charge is 2.30. The second kappa shape index (κ2) is 5.19. The Hall–Kier alpha value is -0.860. The van der Waals surface area contributed by atoms with Crippen LogP contribution < -0.4 is 5.32 Å². The van der Waals surface area contributed by atoms with Crippen molar-refractivity contribution in [2.45, 2.75) is 46.3 Å². The molecule has 1 unspecified atom stereocenters. The van der Waals surface area contributed by atoms with Gasteiger partial charge in [0, 0.05) is 7.11 Å². The van der Waals surface area contributed by atoms with Crippen molar-refractivity contribution < 1.29 is 4.74 Å². The van der Waals surface area contributed by atoms with Crippen LogP contribution in [0.4, 0.5) is 0 Å². The summed E-state index contributed by atoms with van der Waals surface area (Å²) in [6.07, 6.45) is 0. The molecule has 0 aliphatic rings. The number of hydrogen-bond acceptors (Lipinski definition) is 2. The predicted octanol–water partition coefficient (Wildman–Crippen LogP) is 3.30. The summed E-state index contributed by atoms with van der Waals surface area (Å²) in [5.74, 6) is 0. The molecule has 0 heterocycles. The molecule has 0 aliphatic carbocycles. The number of hydrogen-bond donors (Lipinski definition) is 1. The number of benzene rings is 1. The first-order chi connectivity index (χ1) is 7.83. The van der Waals surface area contributed by atoms with Gasteiger partial charge in [0.1, 0.15) is 0 Å². The maximum absolute atomic E-state index is 5.61. The van der Waals surface area contributed by atoms with Crippen LogP contribution in [-0.4, -0.2) is 19.8 Å². The van der Waals surface area contributed by atoms with E-state index in [9.17, 15) is 0 Å². The van der Waals surface area contributed by atoms with E-state index < -0.39 is 0 Å². The summed E-state index contributed by atoms with van der Waals surface area (Å²) in [7, 11) is 3.75. The summed E-state index contributed by atoms with van der Waals surface area (Å²) in [5, 5.41) is 3.37. The van der Waals surface area contributed by atoms with Crippen molar-refractivity contribution in [2.75, 3.05) is 14.2 Å². The van der Waals surface area contributed by atoms with Crippen LogP contribution in [0.25, 0.3) is 0 Å². The van der Waals surface area contributed by atoms with Gasteiger partial charge in [0.05, 0.1) is 11.6 Å². The fraction of sp³-hybridized carbons (Fsp3) is 0.600. The van der Waals surface area contributed by atoms with E-state index >= 15 is 0 Å². The van der Waals surface area contributed by atoms with Crippen molar-refractivity contribution in [3.05, 3.63) is 34.4 Å². The SMILES string of the molecule is CNC(c1cc(C)c(C)cc1C)C(C)(C)OC. The van der Waals surface area contributed by atoms with Crippen LogP contribution >= 0.6 is 0 Å². The molecule has 17 heavy (non-hydrogen) atoms. The lowest BCUT2D eigenvalue weighted by atomic mass is 9.87. The molecule has 2 nitrogen and oxygen atoms in total. The smallest absolute Gasteiger partial charge is 0.0816 e. The number of methoxy groups -OCH3 is 1. The van der Waals surface area contributed by atoms with E-state index in [0.717, 1.165) is 0 Å². The second-order valence-electron chi connectivity index (χ2n) is 5.32. The van der Waals surface area contributed by atoms with Gasteiger partial charge in [-0.3, -0.25) is 0 Å². The molecule has 1 aromatic rings. The zero-order valence-electron chi connectivity index (χ0n) is 12.1. The fourth-order valence-electron chi connectivity index (χ4n) is 2.29. The number of nitrogens with one attached hydrogen (secondary N) is 1. The molecular weight excluding hydrogens is 210 g/mol. The van der Waals surface area contributed by atoms with Gasteiger partial charge in [-0.25, -0.2) is 0 Å². The van der Waals surface area contributed by atoms with E-state index in [0.29, 0.717) is 0 Å². The van der Waals surface area contributed by atoms with Crippen LogP contribution in [-0.2, 0) is 4.74 Å². The molecule has 0 bridgehead atoms. The first-order valence-corrected chi connectivity index (χ1v) is 6.13. The van der Waals surface area contributed by atoms with Gasteiger partial charge in [-0.05, 0) is 63.9 Å². The van der Waals surface area contributed by atoms with Crippen LogP contribution in [0.2, 0.25) is 0 Å². The highest BCUT2D eigenvalue weighted by Crippen LogP contribution is 2.31. The lowest BCUT2D eigenvalue weighted by molar-refractivity contribution is -0.00917. The molecule has 0 amide bonds. The van der Waals surface area contributed by atoms with Crippen LogP contribution in [0.15, 0.2) is 12.1 Å². The van der Waals surface area contributed by atoms with Gasteiger partial charge in [0.2, 0.25) is 0 Å². The molecule has 1 N–H and O–H groups in total. The van der Waals surface area contributed by atoms with Crippen molar-refractivity contribution in [3.8, 4) is 0 Å². The molecule has 0 saturated heterocycles. The number of aryl methyl sites for hydroxylation is 3. The van der Waals surface area contributed by atoms with Gasteiger partial charge in [-0.2, -0.15) is 0 Å². The van der Waals surface area contributed by atoms with E-state index in [4.69, 9.17) is 4.74 Å². The predicted molar refractivity (Wildman–Crippen MR) is 73.5 cm³/mol. The third kappa shape index (κ3) is 2.88. The third-order valence-electron chi connectivity index (χ3n) is 3.70. The Bertz CT molecular complexity index is 396. The van der Waals surface area contributed by atoms with Crippen LogP contribution in [0.5, 0.6) is 0 Å². The molecule has 0 aliphatic heterocycles. The van der Waals surface area contributed by atoms with Gasteiger partial charge >= 0.3 is 0 Å². The minimum atomic E-state index is -0.221. The molecule has 1 rings (SSSR count). The Morgan fingerprint density at radius 1 is 1.06 bits per heavy atom. The average molecular weight is 235 g/mol. The number of likely N-dealkylation sites (N-methyl/N-ethyl adjacent to an activating group) is 1. The zero-order chi connectivity index (χ0) is 13.2. The molecule has 0 aromatic heterocycles. The average Bonchev–Trinajstić information content (AvgIpc) is 2.26. The molecule has 0 fully saturated rings. The van der Waals surface area contributed by atoms with Gasteiger partial charge < -0.3 is 10.1 Å². The second-order valence-corrected chi connectivity index (χ2v) is 5.32. The molecule has 1 aromatic carbocycles. The molecule has 0 spiro atoms. The van der Waals surface area contributed by atoms with Crippen molar-refractivity contribution in [1.29, 1.82) is 0 Å². The van der Waals surface area contributed by atoms with Crippen molar-refractivity contribution in [3.63, 3.8) is 0 Å². The minimum absolute atomic E-state index is 0.201. The summed E-state index contributed by atoms with van der Waals surface area (Å²) >= 11 is 0. The van der Waals surface area contributed by atoms with E-state index in [-0.39, 0.29) is 11.6 Å². The monoisotopic (exact) mass is 235 g/mol. The van der Waals surface area contributed by atoms with Gasteiger partial charge in [-0.1, -0.05) is 12.1 Å². The first-order valence-electron chi connectivity index (χ1n) is 6.13. The lowest BCUT2D eigenvalue weighted by Gasteiger charge is -2.34. The van der Waals surface area contributed by atoms with E-state index in [2.05, 4.69) is 52.1 Å². The van der Waals surface area contributed by atoms with E-state index in [1.165, 1.54) is 22.3 Å². The summed E-state index contributed by atoms with van der Waals surface area (Å²) in [6, 6.07) is 4.72. The highest BCUT2D eigenvalue weighted by atomic mass is 16.5. The summed E-state index contributed by atoms with van der Waals surface area (Å²) in [6.45, 7) is 10.7. The van der Waals surface area contributed by atoms with E-state index in [1.807, 2.05) is 7.05 Å². The number of ether oxygens (including phenoxy) is 1. The Balaban J connectivity index is 3.26. The summed E-state index contributed by atoms with van der Waals surface area (Å²) in [5.41, 5.74) is 5.09. The molecule has 1 atom stereocenters. The van der Waals surface area contributed by atoms with Crippen LogP contribution in [0, 0.1) is 20.8 Å². The van der Waals surface area contributed by atoms with Gasteiger partial charge in [-0.15, -0.1) is 0 Å². The van der Waals surface area contributed by atoms with E-state index in [1.54, 1.807) is 7.11 Å². The largest absolute Gasteiger partial charge is 0.377 e. The van der Waals surface area contributed by atoms with Crippen molar-refractivity contribution in [2.24, 2.45) is 0 Å². The summed E-state index contributed by atoms with van der Waals surface area (Å²) < 4.78 is 5.61. The maximum atomic E-state index is 5.61. The Morgan fingerprint density at radius 3 is 2.06 bits per heavy atom. The Kier molecular flexibility index (Phi) is 4.34. The fourth-order valence-corrected chi connectivity index (χ4v) is 2.29. The molecule has 2 heteroatoms. The van der Waals surface area contributed by atoms with Gasteiger partial charge in [0.15, 0.2) is 0 Å². The topological polar surface area (TPSA) is 21.3 Å². The molecule has 0 radical (unpaired) electrons. The van der Waals surface area contributed by atoms with Gasteiger partial charge in [0.25, 0.3) is 0 Å². The number of rotatable bonds is 4. The third-order valence-corrected chi connectivity index (χ3v) is 3.70. The standard InChI is InChI=1S/C15H25NO/c1-10-8-12(3)13(9-11(10)2)14(16-6)15(4,5)17-7/h8-9,14,16H,1-7H3. The maximum Gasteiger partial charge on any atom is 0.0816 e. The Labute approximate surface area is 105 Å². The Morgan fingerprint density at radius 2 is 1.59 bits per heavy atom. The van der Waals surface area contributed by atoms with Crippen molar-refractivity contribution >= 4 is 0 Å². The van der Waals surface area contributed by atoms with Crippen molar-refractivity contribution in [1.82, 2.24) is 5.32 Å². The zero-order valence-corrected chi connectivity index (χ0v) is 12.1. The quantitative estimate of drug-likeness (QED) is 0.864. The normalized spacial score (nSPS) is 13.8. The molecule has 96 valence electrons. The first kappa shape index (κ1) is 14.2.